The molecule has 2 N–H and O–H groups in total. The highest BCUT2D eigenvalue weighted by atomic mass is 35.5. The van der Waals surface area contributed by atoms with Gasteiger partial charge in [0.2, 0.25) is 21.8 Å². The summed E-state index contributed by atoms with van der Waals surface area (Å²) in [6.07, 6.45) is 3.10. The van der Waals surface area contributed by atoms with Crippen LogP contribution in [-0.2, 0) is 29.1 Å². The third-order valence-electron chi connectivity index (χ3n) is 6.58. The van der Waals surface area contributed by atoms with Gasteiger partial charge in [0.05, 0.1) is 26.5 Å². The van der Waals surface area contributed by atoms with E-state index in [2.05, 4.69) is 10.0 Å². The number of rotatable bonds is 12. The van der Waals surface area contributed by atoms with Crippen LogP contribution >= 0.6 is 34.5 Å². The second kappa shape index (κ2) is 13.5. The number of carbonyl (C=O) groups is 4. The van der Waals surface area contributed by atoms with E-state index in [-0.39, 0.29) is 45.6 Å². The second-order valence-electron chi connectivity index (χ2n) is 9.58. The van der Waals surface area contributed by atoms with Crippen LogP contribution in [0.2, 0.25) is 9.36 Å². The zero-order valence-electron chi connectivity index (χ0n) is 22.2. The number of nitrogens with one attached hydrogen (secondary N) is 2. The Labute approximate surface area is 252 Å². The number of piperidine rings is 1. The molecule has 1 aliphatic heterocycles. The van der Waals surface area contributed by atoms with Crippen molar-refractivity contribution in [3.05, 3.63) is 44.6 Å². The van der Waals surface area contributed by atoms with Crippen LogP contribution in [0.15, 0.2) is 35.2 Å². The highest BCUT2D eigenvalue weighted by Crippen LogP contribution is 2.34. The van der Waals surface area contributed by atoms with Crippen LogP contribution in [0.4, 0.5) is 5.69 Å². The average molecular weight is 646 g/mol. The number of halogens is 2. The van der Waals surface area contributed by atoms with Crippen molar-refractivity contribution in [2.24, 2.45) is 0 Å². The molecule has 2 fully saturated rings. The number of hydrogen-bond donors (Lipinski definition) is 2. The fourth-order valence-corrected chi connectivity index (χ4v) is 7.22. The highest BCUT2D eigenvalue weighted by Gasteiger charge is 2.39. The van der Waals surface area contributed by atoms with Gasteiger partial charge in [0.25, 0.3) is 5.91 Å². The Bertz CT molecular complexity index is 1430. The number of anilines is 1. The number of ether oxygens (including phenoxy) is 1. The molecule has 0 unspecified atom stereocenters. The van der Waals surface area contributed by atoms with E-state index < -0.39 is 40.4 Å². The highest BCUT2D eigenvalue weighted by molar-refractivity contribution is 7.89. The van der Waals surface area contributed by atoms with Crippen LogP contribution < -0.4 is 14.9 Å². The Hall–Kier alpha value is -2.71. The van der Waals surface area contributed by atoms with Gasteiger partial charge in [-0.05, 0) is 56.9 Å². The summed E-state index contributed by atoms with van der Waals surface area (Å²) in [5.41, 5.74) is 0.256. The maximum atomic E-state index is 13.7. The molecule has 3 amide bonds. The van der Waals surface area contributed by atoms with E-state index in [9.17, 15) is 27.6 Å². The third-order valence-corrected chi connectivity index (χ3v) is 9.83. The molecule has 2 aliphatic rings. The van der Waals surface area contributed by atoms with E-state index in [1.165, 1.54) is 28.0 Å². The average Bonchev–Trinajstić information content (AvgIpc) is 3.68. The Morgan fingerprint density at radius 3 is 2.56 bits per heavy atom. The number of carbonyl (C=O) groups excluding carboxylic acids is 4. The lowest BCUT2D eigenvalue weighted by atomic mass is 10.1. The second-order valence-corrected chi connectivity index (χ2v) is 13.4. The van der Waals surface area contributed by atoms with Crippen molar-refractivity contribution in [2.45, 2.75) is 56.0 Å². The number of benzene rings is 1. The number of amides is 3. The van der Waals surface area contributed by atoms with E-state index in [0.29, 0.717) is 30.1 Å². The van der Waals surface area contributed by atoms with E-state index in [4.69, 9.17) is 27.9 Å². The molecule has 1 atom stereocenters. The maximum Gasteiger partial charge on any atom is 0.325 e. The van der Waals surface area contributed by atoms with E-state index >= 15 is 0 Å². The molecule has 0 bridgehead atoms. The molecule has 222 valence electrons. The normalized spacial score (nSPS) is 16.3. The summed E-state index contributed by atoms with van der Waals surface area (Å²) in [6.45, 7) is 1.38. The summed E-state index contributed by atoms with van der Waals surface area (Å²) in [5.74, 6) is -2.05. The zero-order valence-corrected chi connectivity index (χ0v) is 25.4. The molecule has 11 nitrogen and oxygen atoms in total. The lowest BCUT2D eigenvalue weighted by molar-refractivity contribution is -0.149. The van der Waals surface area contributed by atoms with Crippen LogP contribution in [0.1, 0.15) is 48.7 Å². The number of sulfonamides is 1. The summed E-state index contributed by atoms with van der Waals surface area (Å²) in [4.78, 5) is 53.8. The Kier molecular flexibility index (Phi) is 10.3. The molecule has 1 aromatic heterocycles. The summed E-state index contributed by atoms with van der Waals surface area (Å²) in [5, 5.41) is 2.42. The van der Waals surface area contributed by atoms with E-state index in [1.54, 1.807) is 19.1 Å². The molecule has 1 saturated carbocycles. The number of thiophene rings is 1. The fraction of sp³-hybridized carbons (Fsp3) is 0.462. The number of esters is 1. The fourth-order valence-electron chi connectivity index (χ4n) is 4.44. The van der Waals surface area contributed by atoms with Crippen LogP contribution in [0.5, 0.6) is 0 Å². The Balaban J connectivity index is 1.61. The first-order valence-corrected chi connectivity index (χ1v) is 16.2. The van der Waals surface area contributed by atoms with Crippen LogP contribution in [0.3, 0.4) is 0 Å². The molecule has 2 heterocycles. The molecule has 1 aromatic carbocycles. The lowest BCUT2D eigenvalue weighted by Gasteiger charge is -2.29. The van der Waals surface area contributed by atoms with Crippen molar-refractivity contribution >= 4 is 73.9 Å². The van der Waals surface area contributed by atoms with Gasteiger partial charge in [-0.1, -0.05) is 29.3 Å². The lowest BCUT2D eigenvalue weighted by Crippen LogP contribution is -2.55. The van der Waals surface area contributed by atoms with E-state index in [1.807, 2.05) is 0 Å². The molecule has 0 spiro atoms. The third kappa shape index (κ3) is 7.77. The zero-order chi connectivity index (χ0) is 29.7. The summed E-state index contributed by atoms with van der Waals surface area (Å²) < 4.78 is 35.1. The van der Waals surface area contributed by atoms with E-state index in [0.717, 1.165) is 24.2 Å². The molecule has 1 aliphatic carbocycles. The first kappa shape index (κ1) is 31.2. The summed E-state index contributed by atoms with van der Waals surface area (Å²) in [6, 6.07) is 5.61. The van der Waals surface area contributed by atoms with Crippen LogP contribution in [0.25, 0.3) is 0 Å². The van der Waals surface area contributed by atoms with Crippen molar-refractivity contribution in [3.8, 4) is 0 Å². The summed E-state index contributed by atoms with van der Waals surface area (Å²) >= 11 is 13.5. The molecule has 2 aromatic rings. The number of hydrogen-bond acceptors (Lipinski definition) is 8. The first-order valence-electron chi connectivity index (χ1n) is 13.1. The van der Waals surface area contributed by atoms with Gasteiger partial charge >= 0.3 is 5.97 Å². The molecule has 4 rings (SSSR count). The summed E-state index contributed by atoms with van der Waals surface area (Å²) in [7, 11) is -4.45. The van der Waals surface area contributed by atoms with Gasteiger partial charge in [-0.2, -0.15) is 4.72 Å². The smallest absolute Gasteiger partial charge is 0.325 e. The van der Waals surface area contributed by atoms with Crippen molar-refractivity contribution in [2.75, 3.05) is 31.1 Å². The predicted octanol–water partition coefficient (Wildman–Crippen LogP) is 3.20. The van der Waals surface area contributed by atoms with Gasteiger partial charge in [0, 0.05) is 25.6 Å². The van der Waals surface area contributed by atoms with Crippen LogP contribution in [0, 0.1) is 0 Å². The largest absolute Gasteiger partial charge is 0.465 e. The van der Waals surface area contributed by atoms with Gasteiger partial charge in [-0.25, -0.2) is 8.42 Å². The minimum atomic E-state index is -4.45. The van der Waals surface area contributed by atoms with Gasteiger partial charge in [0.15, 0.2) is 0 Å². The molecule has 1 saturated heterocycles. The Morgan fingerprint density at radius 1 is 1.17 bits per heavy atom. The topological polar surface area (TPSA) is 142 Å². The Morgan fingerprint density at radius 2 is 1.93 bits per heavy atom. The predicted molar refractivity (Wildman–Crippen MR) is 155 cm³/mol. The van der Waals surface area contributed by atoms with Gasteiger partial charge in [0.1, 0.15) is 17.5 Å². The van der Waals surface area contributed by atoms with Crippen molar-refractivity contribution < 1.29 is 32.3 Å². The van der Waals surface area contributed by atoms with Gasteiger partial charge in [-0.3, -0.25) is 19.2 Å². The SMILES string of the molecule is CCOC(=O)CN(C(=O)[C@H](CNC(=O)c1ccc(Cl)s1)NS(=O)(=O)c1cccc(N2CCCCC2=O)c1Cl)C1CC1. The molecule has 15 heteroatoms. The van der Waals surface area contributed by atoms with Gasteiger partial charge in [-0.15, -0.1) is 11.3 Å². The maximum absolute atomic E-state index is 13.7. The minimum Gasteiger partial charge on any atom is -0.465 e. The quantitative estimate of drug-likeness (QED) is 0.338. The van der Waals surface area contributed by atoms with Crippen molar-refractivity contribution in [1.29, 1.82) is 0 Å². The van der Waals surface area contributed by atoms with Gasteiger partial charge < -0.3 is 19.9 Å². The molecular formula is C26H30Cl2N4O7S2. The first-order chi connectivity index (χ1) is 19.5. The number of nitrogens with zero attached hydrogens (tertiary/aromatic N) is 2. The molecule has 0 radical (unpaired) electrons. The monoisotopic (exact) mass is 644 g/mol. The van der Waals surface area contributed by atoms with Crippen molar-refractivity contribution in [3.63, 3.8) is 0 Å². The molecule has 41 heavy (non-hydrogen) atoms. The minimum absolute atomic E-state index is 0.120. The standard InChI is InChI=1S/C26H30Cl2N4O7S2/c1-2-39-23(34)15-32(16-9-10-16)26(36)17(14-29-25(35)19-11-12-21(27)40-19)30-41(37,38)20-7-5-6-18(24(20)28)31-13-4-3-8-22(31)33/h5-7,11-12,16-17,30H,2-4,8-10,13-15H2,1H3,(H,29,35)/t17-/m0/s1. The van der Waals surface area contributed by atoms with Crippen LogP contribution in [-0.4, -0.2) is 75.3 Å². The molecular weight excluding hydrogens is 615 g/mol. The van der Waals surface area contributed by atoms with Crippen molar-refractivity contribution in [1.82, 2.24) is 14.9 Å².